The molecule has 0 aliphatic rings. The summed E-state index contributed by atoms with van der Waals surface area (Å²) in [5.41, 5.74) is 4.79. The molecule has 0 fully saturated rings. The Labute approximate surface area is 53.5 Å². The summed E-state index contributed by atoms with van der Waals surface area (Å²) < 4.78 is 4.46. The van der Waals surface area contributed by atoms with E-state index in [0.717, 1.165) is 6.42 Å². The number of nitrogens with one attached hydrogen (secondary N) is 1. The Hall–Kier alpha value is -1.06. The van der Waals surface area contributed by atoms with Crippen molar-refractivity contribution in [3.05, 3.63) is 0 Å². The number of hydrogen-bond donors (Lipinski definition) is 2. The van der Waals surface area contributed by atoms with E-state index in [1.54, 1.807) is 0 Å². The molecule has 0 aromatic heterocycles. The first-order valence-electron chi connectivity index (χ1n) is 2.69. The Morgan fingerprint density at radius 1 is 1.78 bits per heavy atom. The fourth-order valence-electron chi connectivity index (χ4n) is 0.273. The van der Waals surface area contributed by atoms with E-state index < -0.39 is 11.8 Å². The molecule has 4 nitrogen and oxygen atoms in total. The summed E-state index contributed by atoms with van der Waals surface area (Å²) in [6.45, 7) is 2.20. The monoisotopic (exact) mass is 130 g/mol. The molecule has 4 heteroatoms. The Bertz CT molecular complexity index is 122. The van der Waals surface area contributed by atoms with Crippen molar-refractivity contribution in [1.82, 2.24) is 0 Å². The topological polar surface area (TPSA) is 76.2 Å². The third kappa shape index (κ3) is 3.52. The highest BCUT2D eigenvalue weighted by Gasteiger charge is 2.03. The fraction of sp³-hybridized carbons (Fsp3) is 0.600. The largest absolute Gasteiger partial charge is 0.460 e. The third-order valence-electron chi connectivity index (χ3n) is 0.657. The van der Waals surface area contributed by atoms with E-state index in [0.29, 0.717) is 6.61 Å². The molecule has 0 unspecified atom stereocenters. The molecule has 0 rings (SSSR count). The van der Waals surface area contributed by atoms with Crippen molar-refractivity contribution in [1.29, 1.82) is 5.41 Å². The van der Waals surface area contributed by atoms with E-state index in [2.05, 4.69) is 4.74 Å². The number of nitrogens with two attached hydrogens (primary N) is 1. The van der Waals surface area contributed by atoms with Gasteiger partial charge < -0.3 is 10.5 Å². The first-order valence-corrected chi connectivity index (χ1v) is 2.69. The van der Waals surface area contributed by atoms with Gasteiger partial charge in [0.1, 0.15) is 0 Å². The van der Waals surface area contributed by atoms with Crippen molar-refractivity contribution in [2.45, 2.75) is 13.3 Å². The van der Waals surface area contributed by atoms with Gasteiger partial charge in [-0.2, -0.15) is 0 Å². The van der Waals surface area contributed by atoms with E-state index in [-0.39, 0.29) is 0 Å². The van der Waals surface area contributed by atoms with Crippen LogP contribution in [0.25, 0.3) is 0 Å². The standard InChI is InChI=1S/C5H10N2O2/c1-2-3-9-5(8)4(6)7/h2-3H2,1H3,(H3,6,7). The van der Waals surface area contributed by atoms with Gasteiger partial charge in [0, 0.05) is 0 Å². The van der Waals surface area contributed by atoms with E-state index in [9.17, 15) is 4.79 Å². The molecule has 0 aromatic carbocycles. The summed E-state index contributed by atoms with van der Waals surface area (Å²) in [6, 6.07) is 0. The minimum atomic E-state index is -0.739. The summed E-state index contributed by atoms with van der Waals surface area (Å²) in [7, 11) is 0. The van der Waals surface area contributed by atoms with Crippen molar-refractivity contribution in [3.8, 4) is 0 Å². The average Bonchev–Trinajstić information content (AvgIpc) is 1.82. The van der Waals surface area contributed by atoms with Gasteiger partial charge in [0.2, 0.25) is 5.84 Å². The second-order valence-electron chi connectivity index (χ2n) is 1.55. The van der Waals surface area contributed by atoms with Gasteiger partial charge in [-0.1, -0.05) is 6.92 Å². The maximum Gasteiger partial charge on any atom is 0.373 e. The van der Waals surface area contributed by atoms with Crippen molar-refractivity contribution >= 4 is 11.8 Å². The second-order valence-corrected chi connectivity index (χ2v) is 1.55. The smallest absolute Gasteiger partial charge is 0.373 e. The van der Waals surface area contributed by atoms with Crippen LogP contribution in [0.4, 0.5) is 0 Å². The number of carbonyl (C=O) groups excluding carboxylic acids is 1. The van der Waals surface area contributed by atoms with Crippen LogP contribution >= 0.6 is 0 Å². The fourth-order valence-corrected chi connectivity index (χ4v) is 0.273. The van der Waals surface area contributed by atoms with Gasteiger partial charge >= 0.3 is 5.97 Å². The Morgan fingerprint density at radius 2 is 2.33 bits per heavy atom. The molecule has 0 aliphatic carbocycles. The van der Waals surface area contributed by atoms with Crippen molar-refractivity contribution in [3.63, 3.8) is 0 Å². The number of rotatable bonds is 2. The highest BCUT2D eigenvalue weighted by Crippen LogP contribution is 1.80. The molecule has 9 heavy (non-hydrogen) atoms. The Balaban J connectivity index is 3.39. The second kappa shape index (κ2) is 3.88. The minimum absolute atomic E-state index is 0.332. The maximum absolute atomic E-state index is 10.3. The molecule has 0 saturated carbocycles. The predicted octanol–water partition coefficient (Wildman–Crippen LogP) is -0.124. The van der Waals surface area contributed by atoms with Gasteiger partial charge in [-0.25, -0.2) is 4.79 Å². The van der Waals surface area contributed by atoms with Crippen LogP contribution in [0, 0.1) is 5.41 Å². The highest BCUT2D eigenvalue weighted by atomic mass is 16.5. The number of esters is 1. The van der Waals surface area contributed by atoms with Crippen molar-refractivity contribution < 1.29 is 9.53 Å². The normalized spacial score (nSPS) is 8.56. The van der Waals surface area contributed by atoms with E-state index in [1.165, 1.54) is 0 Å². The molecule has 0 heterocycles. The van der Waals surface area contributed by atoms with Gasteiger partial charge in [0.15, 0.2) is 0 Å². The van der Waals surface area contributed by atoms with Gasteiger partial charge in [0.25, 0.3) is 0 Å². The van der Waals surface area contributed by atoms with Crippen LogP contribution in [-0.2, 0) is 9.53 Å². The summed E-state index contributed by atoms with van der Waals surface area (Å²) in [6.07, 6.45) is 0.749. The molecule has 0 amide bonds. The summed E-state index contributed by atoms with van der Waals surface area (Å²) in [5.74, 6) is -1.28. The van der Waals surface area contributed by atoms with Crippen molar-refractivity contribution in [2.24, 2.45) is 5.73 Å². The lowest BCUT2D eigenvalue weighted by molar-refractivity contribution is -0.135. The minimum Gasteiger partial charge on any atom is -0.460 e. The summed E-state index contributed by atoms with van der Waals surface area (Å²) >= 11 is 0. The lowest BCUT2D eigenvalue weighted by Crippen LogP contribution is -2.24. The molecule has 52 valence electrons. The lowest BCUT2D eigenvalue weighted by atomic mass is 10.5. The molecule has 0 aliphatic heterocycles. The predicted molar refractivity (Wildman–Crippen MR) is 33.2 cm³/mol. The first kappa shape index (κ1) is 7.94. The van der Waals surface area contributed by atoms with E-state index in [1.807, 2.05) is 6.92 Å². The molecule has 0 spiro atoms. The number of carbonyl (C=O) groups is 1. The maximum atomic E-state index is 10.3. The van der Waals surface area contributed by atoms with Crippen LogP contribution in [0.15, 0.2) is 0 Å². The number of amidine groups is 1. The molecule has 0 saturated heterocycles. The van der Waals surface area contributed by atoms with Crippen LogP contribution in [0.5, 0.6) is 0 Å². The number of hydrogen-bond acceptors (Lipinski definition) is 3. The van der Waals surface area contributed by atoms with Crippen molar-refractivity contribution in [2.75, 3.05) is 6.61 Å². The first-order chi connectivity index (χ1) is 4.18. The summed E-state index contributed by atoms with van der Waals surface area (Å²) in [4.78, 5) is 10.3. The van der Waals surface area contributed by atoms with Gasteiger partial charge in [-0.3, -0.25) is 5.41 Å². The molecule has 0 radical (unpaired) electrons. The quantitative estimate of drug-likeness (QED) is 0.310. The molecule has 0 bridgehead atoms. The zero-order valence-corrected chi connectivity index (χ0v) is 5.31. The molecular weight excluding hydrogens is 120 g/mol. The third-order valence-corrected chi connectivity index (χ3v) is 0.657. The molecule has 0 atom stereocenters. The van der Waals surface area contributed by atoms with Gasteiger partial charge in [-0.15, -0.1) is 0 Å². The van der Waals surface area contributed by atoms with Crippen LogP contribution in [-0.4, -0.2) is 18.4 Å². The average molecular weight is 130 g/mol. The van der Waals surface area contributed by atoms with E-state index in [4.69, 9.17) is 11.1 Å². The van der Waals surface area contributed by atoms with E-state index >= 15 is 0 Å². The van der Waals surface area contributed by atoms with Crippen LogP contribution in [0.1, 0.15) is 13.3 Å². The Morgan fingerprint density at radius 3 is 2.67 bits per heavy atom. The van der Waals surface area contributed by atoms with Crippen LogP contribution in [0.3, 0.4) is 0 Å². The molecule has 0 aromatic rings. The SMILES string of the molecule is CCCOC(=O)C(=N)N. The zero-order chi connectivity index (χ0) is 7.28. The van der Waals surface area contributed by atoms with Crippen LogP contribution < -0.4 is 5.73 Å². The lowest BCUT2D eigenvalue weighted by Gasteiger charge is -1.98. The zero-order valence-electron chi connectivity index (χ0n) is 5.31. The summed E-state index contributed by atoms with van der Waals surface area (Å²) in [5, 5.41) is 6.58. The highest BCUT2D eigenvalue weighted by molar-refractivity contribution is 6.33. The Kier molecular flexibility index (Phi) is 3.43. The van der Waals surface area contributed by atoms with Gasteiger partial charge in [0.05, 0.1) is 6.61 Å². The van der Waals surface area contributed by atoms with Crippen LogP contribution in [0.2, 0.25) is 0 Å². The van der Waals surface area contributed by atoms with Gasteiger partial charge in [-0.05, 0) is 6.42 Å². The number of ether oxygens (including phenoxy) is 1. The molecular formula is C5H10N2O2. The molecule has 3 N–H and O–H groups in total.